The molecule has 1 aliphatic carbocycles. The van der Waals surface area contributed by atoms with Crippen LogP contribution in [0.4, 0.5) is 5.82 Å². The first kappa shape index (κ1) is 13.8. The maximum atomic E-state index is 5.81. The molecule has 1 fully saturated rings. The van der Waals surface area contributed by atoms with E-state index in [2.05, 4.69) is 47.3 Å². The van der Waals surface area contributed by atoms with Gasteiger partial charge in [0.1, 0.15) is 17.4 Å². The fourth-order valence-corrected chi connectivity index (χ4v) is 2.89. The zero-order valence-corrected chi connectivity index (χ0v) is 13.6. The van der Waals surface area contributed by atoms with E-state index in [0.29, 0.717) is 23.4 Å². The van der Waals surface area contributed by atoms with E-state index in [9.17, 15) is 0 Å². The van der Waals surface area contributed by atoms with Crippen molar-refractivity contribution in [1.29, 1.82) is 0 Å². The first-order valence-electron chi connectivity index (χ1n) is 6.14. The van der Waals surface area contributed by atoms with Crippen LogP contribution < -0.4 is 16.0 Å². The van der Waals surface area contributed by atoms with Crippen molar-refractivity contribution in [2.75, 3.05) is 5.43 Å². The molecule has 2 aromatic rings. The predicted molar refractivity (Wildman–Crippen MR) is 83.7 cm³/mol. The minimum absolute atomic E-state index is 0.430. The largest absolute Gasteiger partial charge is 0.438 e. The van der Waals surface area contributed by atoms with Crippen LogP contribution in [0, 0.1) is 0 Å². The third-order valence-electron chi connectivity index (χ3n) is 2.92. The van der Waals surface area contributed by atoms with E-state index >= 15 is 0 Å². The van der Waals surface area contributed by atoms with Crippen LogP contribution in [0.3, 0.4) is 0 Å². The lowest BCUT2D eigenvalue weighted by Gasteiger charge is -2.10. The highest BCUT2D eigenvalue weighted by molar-refractivity contribution is 9.11. The first-order chi connectivity index (χ1) is 9.65. The number of halogens is 2. The minimum Gasteiger partial charge on any atom is -0.438 e. The van der Waals surface area contributed by atoms with E-state index in [1.807, 2.05) is 18.2 Å². The number of rotatable bonds is 4. The van der Waals surface area contributed by atoms with Crippen molar-refractivity contribution in [3.63, 3.8) is 0 Å². The van der Waals surface area contributed by atoms with E-state index in [0.717, 1.165) is 27.6 Å². The number of nitrogen functional groups attached to an aromatic ring is 1. The van der Waals surface area contributed by atoms with Gasteiger partial charge < -0.3 is 10.2 Å². The zero-order valence-electron chi connectivity index (χ0n) is 10.4. The molecule has 0 aliphatic heterocycles. The maximum Gasteiger partial charge on any atom is 0.224 e. The third kappa shape index (κ3) is 3.11. The Hall–Kier alpha value is -1.18. The van der Waals surface area contributed by atoms with Crippen LogP contribution in [0.15, 0.2) is 33.2 Å². The van der Waals surface area contributed by atoms with Gasteiger partial charge in [-0.1, -0.05) is 15.9 Å². The minimum atomic E-state index is 0.430. The Kier molecular flexibility index (Phi) is 3.91. The second-order valence-electron chi connectivity index (χ2n) is 4.55. The number of nitrogens with one attached hydrogen (secondary N) is 1. The molecule has 1 heterocycles. The number of nitrogens with two attached hydrogens (primary N) is 1. The van der Waals surface area contributed by atoms with E-state index in [1.54, 1.807) is 6.07 Å². The Balaban J connectivity index is 1.91. The molecule has 104 valence electrons. The molecule has 0 amide bonds. The number of aromatic nitrogens is 2. The summed E-state index contributed by atoms with van der Waals surface area (Å²) < 4.78 is 7.63. The van der Waals surface area contributed by atoms with Crippen molar-refractivity contribution in [3.8, 4) is 11.6 Å². The normalized spacial score (nSPS) is 14.2. The average Bonchev–Trinajstić information content (AvgIpc) is 3.26. The molecule has 1 aromatic heterocycles. The van der Waals surface area contributed by atoms with Crippen LogP contribution in [-0.4, -0.2) is 9.97 Å². The Morgan fingerprint density at radius 2 is 2.00 bits per heavy atom. The van der Waals surface area contributed by atoms with Gasteiger partial charge in [-0.15, -0.1) is 0 Å². The van der Waals surface area contributed by atoms with Crippen molar-refractivity contribution in [3.05, 3.63) is 39.0 Å². The molecule has 7 heteroatoms. The second kappa shape index (κ2) is 5.67. The number of anilines is 1. The standard InChI is InChI=1S/C13H12Br2N4O/c14-8-3-4-10(9(15)5-8)20-12-6-11(19-16)17-13(18-12)7-1-2-7/h3-7H,1-2,16H2,(H,17,18,19). The summed E-state index contributed by atoms with van der Waals surface area (Å²) in [7, 11) is 0. The van der Waals surface area contributed by atoms with Gasteiger partial charge in [-0.2, -0.15) is 4.98 Å². The molecule has 0 saturated heterocycles. The molecular formula is C13H12Br2N4O. The summed E-state index contributed by atoms with van der Waals surface area (Å²) >= 11 is 6.87. The first-order valence-corrected chi connectivity index (χ1v) is 7.73. The number of hydrazine groups is 1. The van der Waals surface area contributed by atoms with Crippen molar-refractivity contribution in [2.45, 2.75) is 18.8 Å². The van der Waals surface area contributed by atoms with Gasteiger partial charge in [0, 0.05) is 16.5 Å². The van der Waals surface area contributed by atoms with Crippen LogP contribution in [0.1, 0.15) is 24.6 Å². The van der Waals surface area contributed by atoms with Crippen LogP contribution in [0.25, 0.3) is 0 Å². The van der Waals surface area contributed by atoms with Gasteiger partial charge in [0.15, 0.2) is 0 Å². The lowest BCUT2D eigenvalue weighted by molar-refractivity contribution is 0.456. The lowest BCUT2D eigenvalue weighted by atomic mass is 10.3. The van der Waals surface area contributed by atoms with E-state index < -0.39 is 0 Å². The van der Waals surface area contributed by atoms with Crippen LogP contribution >= 0.6 is 31.9 Å². The molecule has 0 unspecified atom stereocenters. The fourth-order valence-electron chi connectivity index (χ4n) is 1.76. The Bertz CT molecular complexity index is 646. The van der Waals surface area contributed by atoms with E-state index in [1.165, 1.54) is 0 Å². The van der Waals surface area contributed by atoms with Crippen LogP contribution in [0.2, 0.25) is 0 Å². The molecule has 3 rings (SSSR count). The molecule has 5 nitrogen and oxygen atoms in total. The SMILES string of the molecule is NNc1cc(Oc2ccc(Br)cc2Br)nc(C2CC2)n1. The van der Waals surface area contributed by atoms with Gasteiger partial charge in [0.25, 0.3) is 0 Å². The number of ether oxygens (including phenoxy) is 1. The molecule has 0 bridgehead atoms. The molecule has 0 radical (unpaired) electrons. The molecule has 1 saturated carbocycles. The van der Waals surface area contributed by atoms with E-state index in [-0.39, 0.29) is 0 Å². The highest BCUT2D eigenvalue weighted by Gasteiger charge is 2.27. The predicted octanol–water partition coefficient (Wildman–Crippen LogP) is 3.96. The van der Waals surface area contributed by atoms with Gasteiger partial charge in [0.05, 0.1) is 4.47 Å². The number of benzene rings is 1. The Morgan fingerprint density at radius 3 is 2.65 bits per heavy atom. The summed E-state index contributed by atoms with van der Waals surface area (Å²) in [5.41, 5.74) is 2.55. The zero-order chi connectivity index (χ0) is 14.1. The van der Waals surface area contributed by atoms with Crippen molar-refractivity contribution < 1.29 is 4.74 Å². The van der Waals surface area contributed by atoms with Gasteiger partial charge in [-0.3, -0.25) is 0 Å². The fraction of sp³-hybridized carbons (Fsp3) is 0.231. The van der Waals surface area contributed by atoms with Gasteiger partial charge >= 0.3 is 0 Å². The highest BCUT2D eigenvalue weighted by atomic mass is 79.9. The number of nitrogens with zero attached hydrogens (tertiary/aromatic N) is 2. The van der Waals surface area contributed by atoms with Gasteiger partial charge in [-0.05, 0) is 47.0 Å². The topological polar surface area (TPSA) is 73.1 Å². The Labute approximate surface area is 133 Å². The second-order valence-corrected chi connectivity index (χ2v) is 6.32. The Morgan fingerprint density at radius 1 is 1.20 bits per heavy atom. The third-order valence-corrected chi connectivity index (χ3v) is 4.03. The van der Waals surface area contributed by atoms with Crippen LogP contribution in [-0.2, 0) is 0 Å². The van der Waals surface area contributed by atoms with Crippen molar-refractivity contribution in [2.24, 2.45) is 5.84 Å². The number of hydrogen-bond donors (Lipinski definition) is 2. The lowest BCUT2D eigenvalue weighted by Crippen LogP contribution is -2.10. The summed E-state index contributed by atoms with van der Waals surface area (Å²) in [4.78, 5) is 8.79. The quantitative estimate of drug-likeness (QED) is 0.601. The van der Waals surface area contributed by atoms with E-state index in [4.69, 9.17) is 10.6 Å². The maximum absolute atomic E-state index is 5.81. The molecule has 3 N–H and O–H groups in total. The van der Waals surface area contributed by atoms with Gasteiger partial charge in [0.2, 0.25) is 5.88 Å². The highest BCUT2D eigenvalue weighted by Crippen LogP contribution is 2.39. The van der Waals surface area contributed by atoms with Gasteiger partial charge in [-0.25, -0.2) is 10.8 Å². The molecule has 1 aliphatic rings. The smallest absolute Gasteiger partial charge is 0.224 e. The summed E-state index contributed by atoms with van der Waals surface area (Å²) in [6.45, 7) is 0. The summed E-state index contributed by atoms with van der Waals surface area (Å²) in [5, 5.41) is 0. The van der Waals surface area contributed by atoms with Crippen molar-refractivity contribution in [1.82, 2.24) is 9.97 Å². The molecule has 20 heavy (non-hydrogen) atoms. The molecular weight excluding hydrogens is 388 g/mol. The monoisotopic (exact) mass is 398 g/mol. The summed E-state index contributed by atoms with van der Waals surface area (Å²) in [6.07, 6.45) is 2.24. The number of hydrogen-bond acceptors (Lipinski definition) is 5. The van der Waals surface area contributed by atoms with Crippen molar-refractivity contribution >= 4 is 37.7 Å². The van der Waals surface area contributed by atoms with Crippen LogP contribution in [0.5, 0.6) is 11.6 Å². The average molecular weight is 400 g/mol. The molecule has 1 aromatic carbocycles. The molecule has 0 spiro atoms. The molecule has 0 atom stereocenters. The summed E-state index contributed by atoms with van der Waals surface area (Å²) in [6, 6.07) is 7.37. The summed E-state index contributed by atoms with van der Waals surface area (Å²) in [5.74, 6) is 8.39.